The van der Waals surface area contributed by atoms with Crippen molar-refractivity contribution >= 4 is 11.9 Å². The van der Waals surface area contributed by atoms with Gasteiger partial charge >= 0.3 is 5.97 Å². The number of carbonyl (C=O) groups excluding carboxylic acids is 2. The number of amides is 1. The van der Waals surface area contributed by atoms with Crippen LogP contribution < -0.4 is 10.2 Å². The summed E-state index contributed by atoms with van der Waals surface area (Å²) < 4.78 is 4.79. The maximum absolute atomic E-state index is 12.1. The molecule has 0 unspecified atom stereocenters. The van der Waals surface area contributed by atoms with E-state index in [1.165, 1.54) is 17.6 Å². The summed E-state index contributed by atoms with van der Waals surface area (Å²) in [5.74, 6) is 0.273. The molecular weight excluding hydrogens is 292 g/mol. The molecule has 1 saturated heterocycles. The molecule has 5 heteroatoms. The summed E-state index contributed by atoms with van der Waals surface area (Å²) in [6.07, 6.45) is 1.60. The smallest absolute Gasteiger partial charge is 0.309 e. The van der Waals surface area contributed by atoms with Crippen molar-refractivity contribution in [3.05, 3.63) is 35.9 Å². The summed E-state index contributed by atoms with van der Waals surface area (Å²) in [6.45, 7) is 4.95. The van der Waals surface area contributed by atoms with Crippen molar-refractivity contribution < 1.29 is 19.2 Å². The van der Waals surface area contributed by atoms with Gasteiger partial charge in [0.25, 0.3) is 5.91 Å². The van der Waals surface area contributed by atoms with Crippen LogP contribution in [0.5, 0.6) is 0 Å². The summed E-state index contributed by atoms with van der Waals surface area (Å²) in [7, 11) is 1.43. The summed E-state index contributed by atoms with van der Waals surface area (Å²) >= 11 is 0. The van der Waals surface area contributed by atoms with Gasteiger partial charge < -0.3 is 15.0 Å². The van der Waals surface area contributed by atoms with Crippen LogP contribution in [0.15, 0.2) is 30.3 Å². The quantitative estimate of drug-likeness (QED) is 0.745. The third-order valence-corrected chi connectivity index (χ3v) is 4.61. The van der Waals surface area contributed by atoms with Crippen molar-refractivity contribution in [2.75, 3.05) is 33.3 Å². The van der Waals surface area contributed by atoms with Gasteiger partial charge in [-0.3, -0.25) is 9.59 Å². The normalized spacial score (nSPS) is 22.2. The summed E-state index contributed by atoms with van der Waals surface area (Å²) in [5, 5.41) is 3.02. The number of likely N-dealkylation sites (tertiary alicyclic amines) is 1. The Morgan fingerprint density at radius 2 is 1.91 bits per heavy atom. The maximum atomic E-state index is 12.1. The first-order valence-electron chi connectivity index (χ1n) is 8.33. The van der Waals surface area contributed by atoms with Crippen LogP contribution in [0.1, 0.15) is 31.2 Å². The van der Waals surface area contributed by atoms with Gasteiger partial charge in [0.1, 0.15) is 0 Å². The number of nitrogens with one attached hydrogen (secondary N) is 2. The lowest BCUT2D eigenvalue weighted by atomic mass is 9.97. The van der Waals surface area contributed by atoms with E-state index in [2.05, 4.69) is 24.4 Å². The van der Waals surface area contributed by atoms with E-state index in [1.54, 1.807) is 0 Å². The van der Waals surface area contributed by atoms with Crippen molar-refractivity contribution in [1.82, 2.24) is 5.32 Å². The molecule has 0 bridgehead atoms. The standard InChI is InChI=1S/C18H26N2O3/c1-14(15-6-4-3-5-7-15)12-19-17(21)13-20-10-8-16(9-11-20)18(22)23-2/h3-7,14,16H,8-13H2,1-2H3,(H,19,21)/p+1/t14-/m1/s1. The van der Waals surface area contributed by atoms with Crippen LogP contribution in [-0.2, 0) is 14.3 Å². The first kappa shape index (κ1) is 17.5. The van der Waals surface area contributed by atoms with E-state index >= 15 is 0 Å². The Labute approximate surface area is 138 Å². The molecule has 0 radical (unpaired) electrons. The van der Waals surface area contributed by atoms with E-state index in [0.29, 0.717) is 19.0 Å². The van der Waals surface area contributed by atoms with Gasteiger partial charge in [-0.05, 0) is 11.5 Å². The van der Waals surface area contributed by atoms with Crippen LogP contribution in [0.3, 0.4) is 0 Å². The molecule has 1 aliphatic rings. The molecule has 0 saturated carbocycles. The molecule has 0 aliphatic carbocycles. The van der Waals surface area contributed by atoms with Crippen molar-refractivity contribution in [1.29, 1.82) is 0 Å². The van der Waals surface area contributed by atoms with Crippen molar-refractivity contribution in [2.45, 2.75) is 25.7 Å². The highest BCUT2D eigenvalue weighted by molar-refractivity contribution is 5.77. The van der Waals surface area contributed by atoms with Gasteiger partial charge in [-0.2, -0.15) is 0 Å². The van der Waals surface area contributed by atoms with Gasteiger partial charge in [-0.1, -0.05) is 37.3 Å². The number of piperidine rings is 1. The largest absolute Gasteiger partial charge is 0.469 e. The van der Waals surface area contributed by atoms with Gasteiger partial charge in [0.15, 0.2) is 6.54 Å². The molecule has 1 amide bonds. The second-order valence-corrected chi connectivity index (χ2v) is 6.34. The predicted molar refractivity (Wildman–Crippen MR) is 88.2 cm³/mol. The van der Waals surface area contributed by atoms with Crippen molar-refractivity contribution in [2.24, 2.45) is 5.92 Å². The summed E-state index contributed by atoms with van der Waals surface area (Å²) in [6, 6.07) is 10.2. The van der Waals surface area contributed by atoms with Crippen molar-refractivity contribution in [3.8, 4) is 0 Å². The fourth-order valence-corrected chi connectivity index (χ4v) is 3.06. The SMILES string of the molecule is COC(=O)C1CC[NH+](CC(=O)NC[C@@H](C)c2ccccc2)CC1. The minimum absolute atomic E-state index is 0.00455. The van der Waals surface area contributed by atoms with Gasteiger partial charge in [-0.25, -0.2) is 0 Å². The highest BCUT2D eigenvalue weighted by Gasteiger charge is 2.28. The first-order chi connectivity index (χ1) is 11.1. The zero-order chi connectivity index (χ0) is 16.7. The van der Waals surface area contributed by atoms with Crippen LogP contribution in [0.4, 0.5) is 0 Å². The minimum atomic E-state index is -0.120. The van der Waals surface area contributed by atoms with Crippen LogP contribution in [-0.4, -0.2) is 45.2 Å². The lowest BCUT2D eigenvalue weighted by Gasteiger charge is -2.27. The Morgan fingerprint density at radius 3 is 2.52 bits per heavy atom. The molecular formula is C18H27N2O3+. The monoisotopic (exact) mass is 319 g/mol. The second kappa shape index (κ2) is 8.67. The Bertz CT molecular complexity index is 510. The van der Waals surface area contributed by atoms with Gasteiger partial charge in [0, 0.05) is 19.4 Å². The summed E-state index contributed by atoms with van der Waals surface area (Å²) in [4.78, 5) is 24.8. The number of hydrogen-bond acceptors (Lipinski definition) is 3. The number of rotatable bonds is 6. The van der Waals surface area contributed by atoms with Crippen LogP contribution in [0, 0.1) is 5.92 Å². The van der Waals surface area contributed by atoms with Crippen LogP contribution >= 0.6 is 0 Å². The molecule has 0 aromatic heterocycles. The van der Waals surface area contributed by atoms with E-state index in [-0.39, 0.29) is 17.8 Å². The Hall–Kier alpha value is -1.88. The fourth-order valence-electron chi connectivity index (χ4n) is 3.06. The number of quaternary nitrogens is 1. The highest BCUT2D eigenvalue weighted by Crippen LogP contribution is 2.13. The Morgan fingerprint density at radius 1 is 1.26 bits per heavy atom. The van der Waals surface area contributed by atoms with E-state index in [9.17, 15) is 9.59 Å². The van der Waals surface area contributed by atoms with Gasteiger partial charge in [-0.15, -0.1) is 0 Å². The molecule has 1 atom stereocenters. The van der Waals surface area contributed by atoms with E-state index < -0.39 is 0 Å². The topological polar surface area (TPSA) is 59.8 Å². The lowest BCUT2D eigenvalue weighted by Crippen LogP contribution is -3.14. The number of benzene rings is 1. The first-order valence-corrected chi connectivity index (χ1v) is 8.33. The molecule has 23 heavy (non-hydrogen) atoms. The average Bonchev–Trinajstić information content (AvgIpc) is 2.60. The molecule has 1 aromatic rings. The molecule has 1 aliphatic heterocycles. The highest BCUT2D eigenvalue weighted by atomic mass is 16.5. The van der Waals surface area contributed by atoms with Crippen LogP contribution in [0.2, 0.25) is 0 Å². The predicted octanol–water partition coefficient (Wildman–Crippen LogP) is 0.374. The third-order valence-electron chi connectivity index (χ3n) is 4.61. The second-order valence-electron chi connectivity index (χ2n) is 6.34. The summed E-state index contributed by atoms with van der Waals surface area (Å²) in [5.41, 5.74) is 1.24. The number of ether oxygens (including phenoxy) is 1. The maximum Gasteiger partial charge on any atom is 0.309 e. The zero-order valence-corrected chi connectivity index (χ0v) is 14.0. The average molecular weight is 319 g/mol. The lowest BCUT2D eigenvalue weighted by molar-refractivity contribution is -0.897. The number of esters is 1. The Kier molecular flexibility index (Phi) is 6.59. The zero-order valence-electron chi connectivity index (χ0n) is 14.0. The molecule has 1 heterocycles. The van der Waals surface area contributed by atoms with Gasteiger partial charge in [0.2, 0.25) is 0 Å². The molecule has 0 spiro atoms. The van der Waals surface area contributed by atoms with E-state index in [1.807, 2.05) is 18.2 Å². The third kappa shape index (κ3) is 5.36. The van der Waals surface area contributed by atoms with Gasteiger partial charge in [0.05, 0.1) is 26.1 Å². The molecule has 2 rings (SSSR count). The fraction of sp³-hybridized carbons (Fsp3) is 0.556. The number of methoxy groups -OCH3 is 1. The molecule has 1 aromatic carbocycles. The van der Waals surface area contributed by atoms with E-state index in [4.69, 9.17) is 4.74 Å². The number of hydrogen-bond donors (Lipinski definition) is 2. The number of carbonyl (C=O) groups is 2. The van der Waals surface area contributed by atoms with Crippen molar-refractivity contribution in [3.63, 3.8) is 0 Å². The van der Waals surface area contributed by atoms with Crippen LogP contribution in [0.25, 0.3) is 0 Å². The molecule has 1 fully saturated rings. The molecule has 5 nitrogen and oxygen atoms in total. The minimum Gasteiger partial charge on any atom is -0.469 e. The Balaban J connectivity index is 1.69. The van der Waals surface area contributed by atoms with E-state index in [0.717, 1.165) is 25.9 Å². The molecule has 2 N–H and O–H groups in total. The molecule has 126 valence electrons.